The minimum Gasteiger partial charge on any atom is -0.490 e. The van der Waals surface area contributed by atoms with Gasteiger partial charge in [0, 0.05) is 38.5 Å². The van der Waals surface area contributed by atoms with Gasteiger partial charge in [-0.2, -0.15) is 13.2 Å². The molecule has 2 aromatic carbocycles. The number of fused-ring (bicyclic) bond motifs is 1. The highest BCUT2D eigenvalue weighted by molar-refractivity contribution is 7.20. The predicted molar refractivity (Wildman–Crippen MR) is 107 cm³/mol. The summed E-state index contributed by atoms with van der Waals surface area (Å²) in [5.41, 5.74) is 0.940. The highest BCUT2D eigenvalue weighted by atomic mass is 32.1. The number of hydrogen-bond acceptors (Lipinski definition) is 5. The second-order valence-corrected chi connectivity index (χ2v) is 8.08. The molecule has 0 amide bonds. The number of nitrogens with zero attached hydrogens (tertiary/aromatic N) is 2. The number of hydrogen-bond donors (Lipinski definition) is 0. The summed E-state index contributed by atoms with van der Waals surface area (Å²) in [4.78, 5) is 17.9. The summed E-state index contributed by atoms with van der Waals surface area (Å²) < 4.78 is 45.1. The Labute approximate surface area is 169 Å². The Morgan fingerprint density at radius 3 is 2.45 bits per heavy atom. The number of ketones is 1. The van der Waals surface area contributed by atoms with Crippen molar-refractivity contribution in [1.29, 1.82) is 0 Å². The maximum absolute atomic E-state index is 12.7. The molecule has 29 heavy (non-hydrogen) atoms. The summed E-state index contributed by atoms with van der Waals surface area (Å²) in [5.74, 6) is 0.688. The first-order valence-corrected chi connectivity index (χ1v) is 10.1. The van der Waals surface area contributed by atoms with Gasteiger partial charge >= 0.3 is 6.18 Å². The van der Waals surface area contributed by atoms with E-state index in [1.54, 1.807) is 0 Å². The van der Waals surface area contributed by atoms with Crippen molar-refractivity contribution >= 4 is 33.0 Å². The van der Waals surface area contributed by atoms with Crippen molar-refractivity contribution < 1.29 is 22.7 Å². The van der Waals surface area contributed by atoms with Crippen molar-refractivity contribution in [1.82, 2.24) is 4.98 Å². The third-order valence-corrected chi connectivity index (χ3v) is 6.08. The Hall–Kier alpha value is -2.61. The van der Waals surface area contributed by atoms with Gasteiger partial charge in [-0.05, 0) is 42.5 Å². The molecule has 0 aliphatic carbocycles. The van der Waals surface area contributed by atoms with Crippen LogP contribution in [-0.2, 0) is 6.18 Å². The lowest BCUT2D eigenvalue weighted by molar-refractivity contribution is -0.137. The Morgan fingerprint density at radius 1 is 1.14 bits per heavy atom. The topological polar surface area (TPSA) is 42.4 Å². The van der Waals surface area contributed by atoms with E-state index in [2.05, 4.69) is 9.88 Å². The van der Waals surface area contributed by atoms with Gasteiger partial charge in [-0.1, -0.05) is 0 Å². The number of anilines is 1. The van der Waals surface area contributed by atoms with Gasteiger partial charge in [-0.15, -0.1) is 11.3 Å². The molecule has 0 N–H and O–H groups in total. The standard InChI is InChI=1S/C21H19F3N2O2S/c1-13(27)20-25-18-7-6-17(12-19(18)29-20)28-16-8-10-26(11-9-16)15-4-2-14(3-5-15)21(22,23)24/h2-7,12,16H,8-11H2,1H3. The molecule has 1 aromatic heterocycles. The molecule has 3 aromatic rings. The number of halogens is 3. The Bertz CT molecular complexity index is 1020. The van der Waals surface area contributed by atoms with E-state index in [-0.39, 0.29) is 11.9 Å². The fourth-order valence-electron chi connectivity index (χ4n) is 3.41. The zero-order chi connectivity index (χ0) is 20.6. The number of thiazole rings is 1. The lowest BCUT2D eigenvalue weighted by atomic mass is 10.1. The van der Waals surface area contributed by atoms with Gasteiger partial charge in [-0.25, -0.2) is 4.98 Å². The summed E-state index contributed by atoms with van der Waals surface area (Å²) in [6.07, 6.45) is -2.72. The summed E-state index contributed by atoms with van der Waals surface area (Å²) in [6, 6.07) is 10.9. The smallest absolute Gasteiger partial charge is 0.416 e. The fraction of sp³-hybridized carbons (Fsp3) is 0.333. The first-order chi connectivity index (χ1) is 13.8. The lowest BCUT2D eigenvalue weighted by Crippen LogP contribution is -2.38. The molecule has 8 heteroatoms. The zero-order valence-corrected chi connectivity index (χ0v) is 16.5. The van der Waals surface area contributed by atoms with Crippen LogP contribution in [0.25, 0.3) is 10.2 Å². The van der Waals surface area contributed by atoms with Crippen LogP contribution in [0.1, 0.15) is 35.1 Å². The number of aromatic nitrogens is 1. The SMILES string of the molecule is CC(=O)c1nc2ccc(OC3CCN(c4ccc(C(F)(F)F)cc4)CC3)cc2s1. The minimum atomic E-state index is -4.32. The molecule has 0 atom stereocenters. The molecule has 0 saturated carbocycles. The minimum absolute atomic E-state index is 0.0401. The van der Waals surface area contributed by atoms with E-state index in [9.17, 15) is 18.0 Å². The molecule has 1 aliphatic heterocycles. The molecule has 0 radical (unpaired) electrons. The monoisotopic (exact) mass is 420 g/mol. The first-order valence-electron chi connectivity index (χ1n) is 9.30. The van der Waals surface area contributed by atoms with Crippen LogP contribution in [0.3, 0.4) is 0 Å². The summed E-state index contributed by atoms with van der Waals surface area (Å²) >= 11 is 1.35. The molecule has 1 aliphatic rings. The predicted octanol–water partition coefficient (Wildman–Crippen LogP) is 5.57. The van der Waals surface area contributed by atoms with Gasteiger partial charge in [0.1, 0.15) is 11.9 Å². The average molecular weight is 420 g/mol. The largest absolute Gasteiger partial charge is 0.490 e. The number of rotatable bonds is 4. The normalized spacial score (nSPS) is 15.7. The number of Topliss-reactive ketones (excluding diaryl/α,β-unsaturated/α-hetero) is 1. The van der Waals surface area contributed by atoms with Crippen LogP contribution in [0.15, 0.2) is 42.5 Å². The first kappa shape index (κ1) is 19.7. The Balaban J connectivity index is 1.37. The van der Waals surface area contributed by atoms with Gasteiger partial charge in [0.15, 0.2) is 10.8 Å². The van der Waals surface area contributed by atoms with Crippen LogP contribution in [0.2, 0.25) is 0 Å². The quantitative estimate of drug-likeness (QED) is 0.518. The second kappa shape index (κ2) is 7.67. The van der Waals surface area contributed by atoms with Gasteiger partial charge < -0.3 is 9.64 Å². The number of piperidine rings is 1. The third kappa shape index (κ3) is 4.37. The Kier molecular flexibility index (Phi) is 5.21. The van der Waals surface area contributed by atoms with Gasteiger partial charge in [-0.3, -0.25) is 4.79 Å². The van der Waals surface area contributed by atoms with Crippen LogP contribution >= 0.6 is 11.3 Å². The molecule has 1 fully saturated rings. The zero-order valence-electron chi connectivity index (χ0n) is 15.7. The van der Waals surface area contributed by atoms with Crippen molar-refractivity contribution in [2.75, 3.05) is 18.0 Å². The lowest BCUT2D eigenvalue weighted by Gasteiger charge is -2.33. The number of alkyl halides is 3. The van der Waals surface area contributed by atoms with Crippen molar-refractivity contribution in [2.45, 2.75) is 32.0 Å². The average Bonchev–Trinajstić information content (AvgIpc) is 3.12. The highest BCUT2D eigenvalue weighted by Gasteiger charge is 2.30. The van der Waals surface area contributed by atoms with Crippen LogP contribution < -0.4 is 9.64 Å². The van der Waals surface area contributed by atoms with Crippen molar-refractivity contribution in [3.8, 4) is 5.75 Å². The molecule has 2 heterocycles. The molecule has 0 spiro atoms. The number of carbonyl (C=O) groups excluding carboxylic acids is 1. The number of carbonyl (C=O) groups is 1. The molecule has 0 unspecified atom stereocenters. The highest BCUT2D eigenvalue weighted by Crippen LogP contribution is 2.32. The van der Waals surface area contributed by atoms with E-state index in [4.69, 9.17) is 4.74 Å². The van der Waals surface area contributed by atoms with E-state index in [1.807, 2.05) is 18.2 Å². The van der Waals surface area contributed by atoms with E-state index in [1.165, 1.54) is 30.4 Å². The molecular formula is C21H19F3N2O2S. The van der Waals surface area contributed by atoms with E-state index >= 15 is 0 Å². The van der Waals surface area contributed by atoms with Crippen molar-refractivity contribution in [2.24, 2.45) is 0 Å². The maximum Gasteiger partial charge on any atom is 0.416 e. The van der Waals surface area contributed by atoms with Crippen LogP contribution in [0.4, 0.5) is 18.9 Å². The molecule has 4 nitrogen and oxygen atoms in total. The number of benzene rings is 2. The van der Waals surface area contributed by atoms with E-state index in [0.29, 0.717) is 18.1 Å². The van der Waals surface area contributed by atoms with Crippen LogP contribution in [0.5, 0.6) is 5.75 Å². The molecule has 1 saturated heterocycles. The van der Waals surface area contributed by atoms with Gasteiger partial charge in [0.25, 0.3) is 0 Å². The summed E-state index contributed by atoms with van der Waals surface area (Å²) in [6.45, 7) is 2.93. The van der Waals surface area contributed by atoms with Crippen molar-refractivity contribution in [3.05, 3.63) is 53.0 Å². The third-order valence-electron chi connectivity index (χ3n) is 4.97. The number of ether oxygens (including phenoxy) is 1. The van der Waals surface area contributed by atoms with Crippen molar-refractivity contribution in [3.63, 3.8) is 0 Å². The molecule has 0 bridgehead atoms. The molecule has 152 valence electrons. The molecule has 4 rings (SSSR count). The molecular weight excluding hydrogens is 401 g/mol. The van der Waals surface area contributed by atoms with Crippen LogP contribution in [-0.4, -0.2) is 30.0 Å². The fourth-order valence-corrected chi connectivity index (χ4v) is 4.30. The van der Waals surface area contributed by atoms with E-state index < -0.39 is 11.7 Å². The van der Waals surface area contributed by atoms with Gasteiger partial charge in [0.05, 0.1) is 15.8 Å². The Morgan fingerprint density at radius 2 is 1.83 bits per heavy atom. The summed E-state index contributed by atoms with van der Waals surface area (Å²) in [5, 5.41) is 0.488. The maximum atomic E-state index is 12.7. The van der Waals surface area contributed by atoms with Crippen LogP contribution in [0, 0.1) is 0 Å². The second-order valence-electron chi connectivity index (χ2n) is 7.05. The van der Waals surface area contributed by atoms with Gasteiger partial charge in [0.2, 0.25) is 0 Å². The van der Waals surface area contributed by atoms with E-state index in [0.717, 1.165) is 46.6 Å². The summed E-state index contributed by atoms with van der Waals surface area (Å²) in [7, 11) is 0.